The van der Waals surface area contributed by atoms with E-state index < -0.39 is 5.21 Å². The largest absolute Gasteiger partial charge is 0.0989 e. The minimum atomic E-state index is -0.394. The zero-order chi connectivity index (χ0) is 9.47. The molecule has 2 rings (SSSR count). The van der Waals surface area contributed by atoms with Crippen molar-refractivity contribution in [2.45, 2.75) is 50.7 Å². The fourth-order valence-corrected chi connectivity index (χ4v) is 3.26. The predicted octanol–water partition coefficient (Wildman–Crippen LogP) is 2.68. The van der Waals surface area contributed by atoms with E-state index in [1.54, 1.807) is 0 Å². The van der Waals surface area contributed by atoms with Crippen molar-refractivity contribution in [3.05, 3.63) is 0 Å². The summed E-state index contributed by atoms with van der Waals surface area (Å²) in [6, 6.07) is 0. The average molecular weight is 172 g/mol. The van der Waals surface area contributed by atoms with Gasteiger partial charge in [0.2, 0.25) is 0 Å². The Morgan fingerprint density at radius 3 is 2.46 bits per heavy atom. The van der Waals surface area contributed by atoms with Crippen LogP contribution in [0.2, 0.25) is 5.21 Å². The standard InChI is InChI=1S/C11H18B2/c1-2-11(12,13)7-10-6-8-3-4-9(10)5-8/h8-10H,2-7H2,1H3. The van der Waals surface area contributed by atoms with Gasteiger partial charge in [-0.3, -0.25) is 0 Å². The molecule has 0 nitrogen and oxygen atoms in total. The highest BCUT2D eigenvalue weighted by Gasteiger charge is 2.40. The van der Waals surface area contributed by atoms with E-state index >= 15 is 0 Å². The average Bonchev–Trinajstić information content (AvgIpc) is 2.64. The van der Waals surface area contributed by atoms with Gasteiger partial charge in [-0.2, -0.15) is 0 Å². The molecule has 2 saturated carbocycles. The molecule has 0 spiro atoms. The van der Waals surface area contributed by atoms with Crippen molar-refractivity contribution >= 4 is 15.7 Å². The number of rotatable bonds is 3. The molecule has 0 amide bonds. The SMILES string of the molecule is [B]C([B])(CC)CC1CC2CCC1C2. The summed E-state index contributed by atoms with van der Waals surface area (Å²) in [6.07, 6.45) is 7.72. The first kappa shape index (κ1) is 9.68. The van der Waals surface area contributed by atoms with Crippen LogP contribution in [0.15, 0.2) is 0 Å². The molecule has 0 N–H and O–H groups in total. The first-order chi connectivity index (χ1) is 6.11. The van der Waals surface area contributed by atoms with Gasteiger partial charge in [0.1, 0.15) is 0 Å². The van der Waals surface area contributed by atoms with Crippen molar-refractivity contribution in [2.24, 2.45) is 17.8 Å². The first-order valence-electron chi connectivity index (χ1n) is 5.68. The quantitative estimate of drug-likeness (QED) is 0.574. The van der Waals surface area contributed by atoms with Gasteiger partial charge in [0, 0.05) is 0 Å². The van der Waals surface area contributed by atoms with Crippen molar-refractivity contribution in [3.63, 3.8) is 0 Å². The Morgan fingerprint density at radius 2 is 2.00 bits per heavy atom. The molecule has 3 unspecified atom stereocenters. The van der Waals surface area contributed by atoms with E-state index in [1.807, 2.05) is 0 Å². The lowest BCUT2D eigenvalue weighted by atomic mass is 9.49. The van der Waals surface area contributed by atoms with Crippen molar-refractivity contribution in [1.29, 1.82) is 0 Å². The Kier molecular flexibility index (Phi) is 2.50. The van der Waals surface area contributed by atoms with Crippen LogP contribution < -0.4 is 0 Å². The van der Waals surface area contributed by atoms with Crippen LogP contribution in [0.4, 0.5) is 0 Å². The van der Waals surface area contributed by atoms with Gasteiger partial charge < -0.3 is 0 Å². The van der Waals surface area contributed by atoms with E-state index in [0.717, 1.165) is 30.6 Å². The molecule has 2 heteroatoms. The molecule has 2 bridgehead atoms. The van der Waals surface area contributed by atoms with Crippen LogP contribution in [-0.2, 0) is 0 Å². The predicted molar refractivity (Wildman–Crippen MR) is 58.0 cm³/mol. The van der Waals surface area contributed by atoms with E-state index in [0.29, 0.717) is 0 Å². The zero-order valence-electron chi connectivity index (χ0n) is 8.63. The minimum Gasteiger partial charge on any atom is -0.0989 e. The Hall–Kier alpha value is 0.130. The fourth-order valence-electron chi connectivity index (χ4n) is 3.26. The molecule has 0 heterocycles. The molecular weight excluding hydrogens is 154 g/mol. The lowest BCUT2D eigenvalue weighted by Crippen LogP contribution is -2.20. The van der Waals surface area contributed by atoms with E-state index in [2.05, 4.69) is 6.92 Å². The zero-order valence-corrected chi connectivity index (χ0v) is 8.63. The van der Waals surface area contributed by atoms with Crippen LogP contribution in [0.1, 0.15) is 45.4 Å². The summed E-state index contributed by atoms with van der Waals surface area (Å²) >= 11 is 0. The third-order valence-corrected chi connectivity index (χ3v) is 4.19. The summed E-state index contributed by atoms with van der Waals surface area (Å²) in [5.74, 6) is 2.82. The maximum absolute atomic E-state index is 6.01. The molecule has 2 aliphatic rings. The summed E-state index contributed by atoms with van der Waals surface area (Å²) in [4.78, 5) is 0. The van der Waals surface area contributed by atoms with Crippen LogP contribution in [-0.4, -0.2) is 15.7 Å². The number of hydrogen-bond acceptors (Lipinski definition) is 0. The van der Waals surface area contributed by atoms with Gasteiger partial charge in [0.15, 0.2) is 0 Å². The Balaban J connectivity index is 1.89. The van der Waals surface area contributed by atoms with Crippen LogP contribution >= 0.6 is 0 Å². The summed E-state index contributed by atoms with van der Waals surface area (Å²) in [5.41, 5.74) is 0. The van der Waals surface area contributed by atoms with Gasteiger partial charge in [-0.05, 0) is 37.0 Å². The monoisotopic (exact) mass is 172 g/mol. The van der Waals surface area contributed by atoms with Gasteiger partial charge >= 0.3 is 0 Å². The highest BCUT2D eigenvalue weighted by atomic mass is 14.4. The van der Waals surface area contributed by atoms with Crippen LogP contribution in [0, 0.1) is 17.8 Å². The molecule has 2 aliphatic carbocycles. The van der Waals surface area contributed by atoms with Crippen LogP contribution in [0.5, 0.6) is 0 Å². The highest BCUT2D eigenvalue weighted by Crippen LogP contribution is 2.52. The summed E-state index contributed by atoms with van der Waals surface area (Å²) < 4.78 is 0. The van der Waals surface area contributed by atoms with Gasteiger partial charge in [-0.15, -0.1) is 0 Å². The lowest BCUT2D eigenvalue weighted by Gasteiger charge is -2.32. The Morgan fingerprint density at radius 1 is 1.23 bits per heavy atom. The van der Waals surface area contributed by atoms with Gasteiger partial charge in [-0.25, -0.2) is 0 Å². The lowest BCUT2D eigenvalue weighted by molar-refractivity contribution is 0.299. The molecule has 0 aliphatic heterocycles. The van der Waals surface area contributed by atoms with Gasteiger partial charge in [0.05, 0.1) is 15.7 Å². The molecule has 0 aromatic carbocycles. The minimum absolute atomic E-state index is 0.394. The summed E-state index contributed by atoms with van der Waals surface area (Å²) in [7, 11) is 12.0. The summed E-state index contributed by atoms with van der Waals surface area (Å²) in [5, 5.41) is -0.394. The smallest absolute Gasteiger partial charge is 0.0620 e. The fraction of sp³-hybridized carbons (Fsp3) is 1.00. The van der Waals surface area contributed by atoms with Crippen molar-refractivity contribution in [3.8, 4) is 0 Å². The van der Waals surface area contributed by atoms with Crippen LogP contribution in [0.3, 0.4) is 0 Å². The molecule has 0 aromatic rings. The second-order valence-electron chi connectivity index (χ2n) is 5.23. The normalized spacial score (nSPS) is 38.4. The van der Waals surface area contributed by atoms with E-state index in [1.165, 1.54) is 25.7 Å². The van der Waals surface area contributed by atoms with Crippen molar-refractivity contribution in [1.82, 2.24) is 0 Å². The molecule has 2 fully saturated rings. The number of fused-ring (bicyclic) bond motifs is 2. The summed E-state index contributed by atoms with van der Waals surface area (Å²) in [6.45, 7) is 2.09. The topological polar surface area (TPSA) is 0 Å². The first-order valence-corrected chi connectivity index (χ1v) is 5.68. The second kappa shape index (κ2) is 3.37. The molecule has 4 radical (unpaired) electrons. The molecular formula is C11H18B2. The molecule has 0 saturated heterocycles. The van der Waals surface area contributed by atoms with Gasteiger partial charge in [-0.1, -0.05) is 31.4 Å². The maximum atomic E-state index is 6.01. The molecule has 13 heavy (non-hydrogen) atoms. The third kappa shape index (κ3) is 1.97. The van der Waals surface area contributed by atoms with Crippen molar-refractivity contribution in [2.75, 3.05) is 0 Å². The van der Waals surface area contributed by atoms with Gasteiger partial charge in [0.25, 0.3) is 0 Å². The molecule has 3 atom stereocenters. The maximum Gasteiger partial charge on any atom is 0.0620 e. The Labute approximate surface area is 84.7 Å². The molecule has 0 aromatic heterocycles. The van der Waals surface area contributed by atoms with Crippen LogP contribution in [0.25, 0.3) is 0 Å². The third-order valence-electron chi connectivity index (χ3n) is 4.19. The van der Waals surface area contributed by atoms with Crippen molar-refractivity contribution < 1.29 is 0 Å². The number of hydrogen-bond donors (Lipinski definition) is 0. The molecule has 68 valence electrons. The Bertz CT molecular complexity index is 189. The van der Waals surface area contributed by atoms with E-state index in [4.69, 9.17) is 15.7 Å². The highest BCUT2D eigenvalue weighted by molar-refractivity contribution is 6.39. The second-order valence-corrected chi connectivity index (χ2v) is 5.23. The van der Waals surface area contributed by atoms with E-state index in [9.17, 15) is 0 Å². The van der Waals surface area contributed by atoms with E-state index in [-0.39, 0.29) is 0 Å².